The number of hydrogen-bond acceptors (Lipinski definition) is 4. The molecule has 2 rings (SSSR count). The molecule has 1 aromatic rings. The van der Waals surface area contributed by atoms with Gasteiger partial charge in [0, 0.05) is 36.3 Å². The third-order valence-electron chi connectivity index (χ3n) is 3.28. The van der Waals surface area contributed by atoms with Crippen molar-refractivity contribution in [2.75, 3.05) is 24.5 Å². The number of piperazine rings is 1. The lowest BCUT2D eigenvalue weighted by molar-refractivity contribution is 0.0218. The molecule has 0 saturated carbocycles. The Morgan fingerprint density at radius 1 is 1.43 bits per heavy atom. The van der Waals surface area contributed by atoms with E-state index in [1.165, 1.54) is 0 Å². The van der Waals surface area contributed by atoms with E-state index in [0.717, 1.165) is 16.8 Å². The number of halogens is 1. The van der Waals surface area contributed by atoms with Gasteiger partial charge in [-0.1, -0.05) is 15.9 Å². The number of carbonyl (C=O) groups excluding carboxylic acids is 1. The van der Waals surface area contributed by atoms with Crippen LogP contribution in [0.5, 0.6) is 0 Å². The zero-order valence-electron chi connectivity index (χ0n) is 13.0. The van der Waals surface area contributed by atoms with Crippen molar-refractivity contribution in [3.8, 4) is 0 Å². The molecule has 0 unspecified atom stereocenters. The molecule has 0 radical (unpaired) electrons. The Hall–Kier alpha value is -1.30. The van der Waals surface area contributed by atoms with E-state index in [9.17, 15) is 4.79 Å². The van der Waals surface area contributed by atoms with Crippen LogP contribution in [0.3, 0.4) is 0 Å². The molecule has 1 fully saturated rings. The van der Waals surface area contributed by atoms with Crippen molar-refractivity contribution < 1.29 is 9.53 Å². The molecule has 6 heteroatoms. The Kier molecular flexibility index (Phi) is 4.76. The minimum atomic E-state index is -0.455. The molecule has 0 aromatic carbocycles. The molecule has 21 heavy (non-hydrogen) atoms. The van der Waals surface area contributed by atoms with Crippen LogP contribution in [0.4, 0.5) is 10.6 Å². The van der Waals surface area contributed by atoms with Crippen molar-refractivity contribution in [1.29, 1.82) is 0 Å². The highest BCUT2D eigenvalue weighted by Gasteiger charge is 2.30. The number of ether oxygens (including phenoxy) is 1. The molecule has 1 aliphatic heterocycles. The molecule has 0 bridgehead atoms. The van der Waals surface area contributed by atoms with Crippen molar-refractivity contribution in [3.05, 3.63) is 22.8 Å². The standard InChI is InChI=1S/C15H22BrN3O2/c1-11-10-18(14(20)21-15(2,3)4)7-8-19(11)13-9-12(16)5-6-17-13/h5-6,9,11H,7-8,10H2,1-4H3/t11-/m1/s1. The summed E-state index contributed by atoms with van der Waals surface area (Å²) in [5, 5.41) is 0. The maximum Gasteiger partial charge on any atom is 0.410 e. The van der Waals surface area contributed by atoms with E-state index in [2.05, 4.69) is 32.7 Å². The molecular weight excluding hydrogens is 334 g/mol. The Morgan fingerprint density at radius 3 is 2.71 bits per heavy atom. The normalized spacial score (nSPS) is 19.6. The van der Waals surface area contributed by atoms with E-state index in [1.54, 1.807) is 11.1 Å². The smallest absolute Gasteiger partial charge is 0.410 e. The zero-order valence-corrected chi connectivity index (χ0v) is 14.6. The van der Waals surface area contributed by atoms with Gasteiger partial charge in [0.25, 0.3) is 0 Å². The van der Waals surface area contributed by atoms with Crippen molar-refractivity contribution in [2.24, 2.45) is 0 Å². The van der Waals surface area contributed by atoms with Crippen LogP contribution in [-0.4, -0.2) is 47.3 Å². The summed E-state index contributed by atoms with van der Waals surface area (Å²) in [6.45, 7) is 9.79. The summed E-state index contributed by atoms with van der Waals surface area (Å²) in [5.41, 5.74) is -0.455. The summed E-state index contributed by atoms with van der Waals surface area (Å²) in [6, 6.07) is 4.11. The minimum Gasteiger partial charge on any atom is -0.444 e. The van der Waals surface area contributed by atoms with Gasteiger partial charge in [-0.25, -0.2) is 9.78 Å². The molecule has 1 atom stereocenters. The third kappa shape index (κ3) is 4.33. The van der Waals surface area contributed by atoms with Crippen LogP contribution < -0.4 is 4.90 Å². The number of carbonyl (C=O) groups is 1. The Labute approximate surface area is 134 Å². The number of rotatable bonds is 1. The zero-order chi connectivity index (χ0) is 15.6. The average Bonchev–Trinajstić information content (AvgIpc) is 2.36. The van der Waals surface area contributed by atoms with Gasteiger partial charge in [-0.05, 0) is 39.8 Å². The maximum atomic E-state index is 12.1. The Balaban J connectivity index is 2.01. The number of amides is 1. The first-order valence-corrected chi connectivity index (χ1v) is 7.92. The fourth-order valence-corrected chi connectivity index (χ4v) is 2.66. The van der Waals surface area contributed by atoms with E-state index in [1.807, 2.05) is 32.9 Å². The van der Waals surface area contributed by atoms with Gasteiger partial charge in [0.2, 0.25) is 0 Å². The molecule has 1 aliphatic rings. The van der Waals surface area contributed by atoms with Gasteiger partial charge in [-0.2, -0.15) is 0 Å². The number of aromatic nitrogens is 1. The lowest BCUT2D eigenvalue weighted by Gasteiger charge is -2.40. The van der Waals surface area contributed by atoms with Gasteiger partial charge in [0.05, 0.1) is 0 Å². The van der Waals surface area contributed by atoms with Gasteiger partial charge in [-0.3, -0.25) is 0 Å². The van der Waals surface area contributed by atoms with E-state index in [4.69, 9.17) is 4.74 Å². The molecule has 0 spiro atoms. The fraction of sp³-hybridized carbons (Fsp3) is 0.600. The number of nitrogens with zero attached hydrogens (tertiary/aromatic N) is 3. The van der Waals surface area contributed by atoms with Crippen LogP contribution in [0.2, 0.25) is 0 Å². The van der Waals surface area contributed by atoms with Crippen molar-refractivity contribution in [2.45, 2.75) is 39.3 Å². The summed E-state index contributed by atoms with van der Waals surface area (Å²) in [7, 11) is 0. The predicted octanol–water partition coefficient (Wildman–Crippen LogP) is 3.29. The molecule has 1 saturated heterocycles. The highest BCUT2D eigenvalue weighted by atomic mass is 79.9. The monoisotopic (exact) mass is 355 g/mol. The van der Waals surface area contributed by atoms with E-state index in [-0.39, 0.29) is 12.1 Å². The van der Waals surface area contributed by atoms with Crippen molar-refractivity contribution in [3.63, 3.8) is 0 Å². The molecule has 0 aliphatic carbocycles. The van der Waals surface area contributed by atoms with Gasteiger partial charge in [0.1, 0.15) is 11.4 Å². The van der Waals surface area contributed by atoms with Crippen LogP contribution in [-0.2, 0) is 4.74 Å². The first-order valence-electron chi connectivity index (χ1n) is 7.12. The maximum absolute atomic E-state index is 12.1. The average molecular weight is 356 g/mol. The second kappa shape index (κ2) is 6.22. The van der Waals surface area contributed by atoms with Crippen molar-refractivity contribution >= 4 is 27.8 Å². The van der Waals surface area contributed by atoms with E-state index >= 15 is 0 Å². The van der Waals surface area contributed by atoms with E-state index < -0.39 is 5.60 Å². The van der Waals surface area contributed by atoms with Crippen LogP contribution in [0.15, 0.2) is 22.8 Å². The lowest BCUT2D eigenvalue weighted by atomic mass is 10.2. The molecule has 1 aromatic heterocycles. The number of anilines is 1. The summed E-state index contributed by atoms with van der Waals surface area (Å²) < 4.78 is 6.44. The van der Waals surface area contributed by atoms with Crippen LogP contribution >= 0.6 is 15.9 Å². The predicted molar refractivity (Wildman–Crippen MR) is 86.6 cm³/mol. The summed E-state index contributed by atoms with van der Waals surface area (Å²) in [5.74, 6) is 0.931. The Morgan fingerprint density at radius 2 is 2.14 bits per heavy atom. The molecule has 0 N–H and O–H groups in total. The highest BCUT2D eigenvalue weighted by molar-refractivity contribution is 9.10. The molecule has 116 valence electrons. The van der Waals surface area contributed by atoms with Crippen LogP contribution in [0, 0.1) is 0 Å². The Bertz CT molecular complexity index is 516. The van der Waals surface area contributed by atoms with Crippen LogP contribution in [0.25, 0.3) is 0 Å². The van der Waals surface area contributed by atoms with Gasteiger partial charge in [0.15, 0.2) is 0 Å². The summed E-state index contributed by atoms with van der Waals surface area (Å²) in [6.07, 6.45) is 1.54. The minimum absolute atomic E-state index is 0.202. The van der Waals surface area contributed by atoms with E-state index in [0.29, 0.717) is 13.1 Å². The first-order chi connectivity index (χ1) is 9.76. The van der Waals surface area contributed by atoms with Crippen molar-refractivity contribution in [1.82, 2.24) is 9.88 Å². The highest BCUT2D eigenvalue weighted by Crippen LogP contribution is 2.22. The van der Waals surface area contributed by atoms with Crippen LogP contribution in [0.1, 0.15) is 27.7 Å². The molecule has 1 amide bonds. The third-order valence-corrected chi connectivity index (χ3v) is 3.77. The molecule has 5 nitrogen and oxygen atoms in total. The second-order valence-electron chi connectivity index (χ2n) is 6.30. The molecular formula is C15H22BrN3O2. The largest absolute Gasteiger partial charge is 0.444 e. The summed E-state index contributed by atoms with van der Waals surface area (Å²) in [4.78, 5) is 20.5. The first kappa shape index (κ1) is 16.1. The molecule has 2 heterocycles. The SMILES string of the molecule is C[C@@H]1CN(C(=O)OC(C)(C)C)CCN1c1cc(Br)ccn1. The summed E-state index contributed by atoms with van der Waals surface area (Å²) >= 11 is 3.47. The van der Waals surface area contributed by atoms with Gasteiger partial charge >= 0.3 is 6.09 Å². The van der Waals surface area contributed by atoms with Gasteiger partial charge < -0.3 is 14.5 Å². The number of hydrogen-bond donors (Lipinski definition) is 0. The fourth-order valence-electron chi connectivity index (χ4n) is 2.34. The topological polar surface area (TPSA) is 45.7 Å². The lowest BCUT2D eigenvalue weighted by Crippen LogP contribution is -2.54. The van der Waals surface area contributed by atoms with Gasteiger partial charge in [-0.15, -0.1) is 0 Å². The second-order valence-corrected chi connectivity index (χ2v) is 7.22. The number of pyridine rings is 1. The quantitative estimate of drug-likeness (QED) is 0.775.